The van der Waals surface area contributed by atoms with E-state index >= 15 is 0 Å². The third-order valence-electron chi connectivity index (χ3n) is 2.98. The maximum Gasteiger partial charge on any atom is 0.141 e. The molecular weight excluding hydrogens is 258 g/mol. The summed E-state index contributed by atoms with van der Waals surface area (Å²) in [7, 11) is 0. The second kappa shape index (κ2) is 6.16. The molecule has 102 valence electrons. The van der Waals surface area contributed by atoms with E-state index in [-0.39, 0.29) is 17.4 Å². The van der Waals surface area contributed by atoms with Crippen LogP contribution in [0.5, 0.6) is 0 Å². The number of hydrogen-bond donors (Lipinski definition) is 1. The van der Waals surface area contributed by atoms with E-state index in [1.165, 1.54) is 18.2 Å². The predicted octanol–water partition coefficient (Wildman–Crippen LogP) is 3.88. The minimum absolute atomic E-state index is 0.00640. The lowest BCUT2D eigenvalue weighted by atomic mass is 10.1. The van der Waals surface area contributed by atoms with Gasteiger partial charge in [-0.05, 0) is 43.2 Å². The van der Waals surface area contributed by atoms with Crippen LogP contribution in [0.1, 0.15) is 18.1 Å². The molecule has 2 nitrogen and oxygen atoms in total. The zero-order valence-corrected chi connectivity index (χ0v) is 11.0. The number of halogens is 2. The molecule has 2 rings (SSSR count). The molecule has 0 saturated heterocycles. The van der Waals surface area contributed by atoms with Crippen LogP contribution < -0.4 is 5.32 Å². The van der Waals surface area contributed by atoms with Crippen molar-refractivity contribution in [3.8, 4) is 6.07 Å². The number of nitriles is 1. The molecule has 20 heavy (non-hydrogen) atoms. The first-order chi connectivity index (χ1) is 9.60. The van der Waals surface area contributed by atoms with E-state index in [0.717, 1.165) is 0 Å². The molecule has 1 unspecified atom stereocenters. The molecule has 4 heteroatoms. The van der Waals surface area contributed by atoms with Gasteiger partial charge in [0.15, 0.2) is 0 Å². The van der Waals surface area contributed by atoms with Gasteiger partial charge in [-0.3, -0.25) is 0 Å². The Balaban J connectivity index is 2.07. The summed E-state index contributed by atoms with van der Waals surface area (Å²) < 4.78 is 26.7. The molecule has 0 spiro atoms. The number of nitrogens with zero attached hydrogens (tertiary/aromatic N) is 1. The molecule has 1 N–H and O–H groups in total. The summed E-state index contributed by atoms with van der Waals surface area (Å²) in [6, 6.07) is 12.6. The van der Waals surface area contributed by atoms with Crippen molar-refractivity contribution in [1.82, 2.24) is 0 Å². The van der Waals surface area contributed by atoms with E-state index < -0.39 is 5.82 Å². The smallest absolute Gasteiger partial charge is 0.141 e. The zero-order chi connectivity index (χ0) is 14.5. The van der Waals surface area contributed by atoms with Crippen LogP contribution in [-0.2, 0) is 6.42 Å². The van der Waals surface area contributed by atoms with Crippen LogP contribution >= 0.6 is 0 Å². The van der Waals surface area contributed by atoms with Gasteiger partial charge in [-0.1, -0.05) is 18.2 Å². The van der Waals surface area contributed by atoms with E-state index in [1.807, 2.05) is 6.92 Å². The first-order valence-electron chi connectivity index (χ1n) is 6.29. The van der Waals surface area contributed by atoms with Gasteiger partial charge >= 0.3 is 0 Å². The highest BCUT2D eigenvalue weighted by Crippen LogP contribution is 2.17. The summed E-state index contributed by atoms with van der Waals surface area (Å²) in [5.41, 5.74) is 1.26. The van der Waals surface area contributed by atoms with Crippen LogP contribution in [0.3, 0.4) is 0 Å². The molecule has 1 atom stereocenters. The second-order valence-corrected chi connectivity index (χ2v) is 4.65. The Morgan fingerprint density at radius 1 is 1.15 bits per heavy atom. The fraction of sp³-hybridized carbons (Fsp3) is 0.188. The Labute approximate surface area is 116 Å². The van der Waals surface area contributed by atoms with Gasteiger partial charge in [-0.15, -0.1) is 0 Å². The molecular formula is C16H14F2N2. The molecule has 0 heterocycles. The topological polar surface area (TPSA) is 35.8 Å². The fourth-order valence-electron chi connectivity index (χ4n) is 2.03. The summed E-state index contributed by atoms with van der Waals surface area (Å²) in [5, 5.41) is 11.9. The van der Waals surface area contributed by atoms with Gasteiger partial charge in [0.1, 0.15) is 17.7 Å². The number of rotatable bonds is 4. The lowest BCUT2D eigenvalue weighted by molar-refractivity contribution is 0.601. The Kier molecular flexibility index (Phi) is 4.31. The first-order valence-corrected chi connectivity index (χ1v) is 6.29. The van der Waals surface area contributed by atoms with E-state index in [9.17, 15) is 8.78 Å². The highest BCUT2D eigenvalue weighted by molar-refractivity contribution is 5.50. The minimum atomic E-state index is -0.542. The number of hydrogen-bond acceptors (Lipinski definition) is 2. The van der Waals surface area contributed by atoms with Crippen molar-refractivity contribution in [3.63, 3.8) is 0 Å². The first kappa shape index (κ1) is 14.0. The molecule has 0 aliphatic rings. The van der Waals surface area contributed by atoms with Crippen molar-refractivity contribution in [1.29, 1.82) is 5.26 Å². The lowest BCUT2D eigenvalue weighted by Gasteiger charge is -2.16. The van der Waals surface area contributed by atoms with Crippen molar-refractivity contribution in [2.24, 2.45) is 0 Å². The fourth-order valence-corrected chi connectivity index (χ4v) is 2.03. The predicted molar refractivity (Wildman–Crippen MR) is 74.3 cm³/mol. The molecule has 0 aliphatic carbocycles. The maximum atomic E-state index is 13.5. The highest BCUT2D eigenvalue weighted by atomic mass is 19.1. The largest absolute Gasteiger partial charge is 0.382 e. The van der Waals surface area contributed by atoms with E-state index in [4.69, 9.17) is 5.26 Å². The summed E-state index contributed by atoms with van der Waals surface area (Å²) in [6.45, 7) is 1.90. The van der Waals surface area contributed by atoms with E-state index in [2.05, 4.69) is 5.32 Å². The maximum absolute atomic E-state index is 13.5. The summed E-state index contributed by atoms with van der Waals surface area (Å²) in [6.07, 6.45) is 0.506. The van der Waals surface area contributed by atoms with Crippen LogP contribution in [0.4, 0.5) is 14.5 Å². The highest BCUT2D eigenvalue weighted by Gasteiger charge is 2.09. The Morgan fingerprint density at radius 2 is 1.90 bits per heavy atom. The summed E-state index contributed by atoms with van der Waals surface area (Å²) in [4.78, 5) is 0. The monoisotopic (exact) mass is 272 g/mol. The van der Waals surface area contributed by atoms with Crippen LogP contribution in [0.15, 0.2) is 42.5 Å². The Hall–Kier alpha value is -2.41. The molecule has 0 amide bonds. The van der Waals surface area contributed by atoms with Crippen LogP contribution in [0.25, 0.3) is 0 Å². The van der Waals surface area contributed by atoms with Crippen LogP contribution in [0, 0.1) is 23.0 Å². The average molecular weight is 272 g/mol. The van der Waals surface area contributed by atoms with Crippen molar-refractivity contribution in [3.05, 3.63) is 65.2 Å². The number of nitrogens with one attached hydrogen (secondary N) is 1. The van der Waals surface area contributed by atoms with Gasteiger partial charge in [0.2, 0.25) is 0 Å². The molecule has 0 aromatic heterocycles. The van der Waals surface area contributed by atoms with Crippen molar-refractivity contribution < 1.29 is 8.78 Å². The summed E-state index contributed by atoms with van der Waals surface area (Å²) >= 11 is 0. The molecule has 2 aromatic rings. The Morgan fingerprint density at radius 3 is 2.60 bits per heavy atom. The van der Waals surface area contributed by atoms with Crippen molar-refractivity contribution in [2.75, 3.05) is 5.32 Å². The van der Waals surface area contributed by atoms with Gasteiger partial charge in [-0.2, -0.15) is 5.26 Å². The van der Waals surface area contributed by atoms with Gasteiger partial charge in [0.25, 0.3) is 0 Å². The third kappa shape index (κ3) is 3.33. The zero-order valence-electron chi connectivity index (χ0n) is 11.0. The van der Waals surface area contributed by atoms with Gasteiger partial charge in [0, 0.05) is 11.7 Å². The van der Waals surface area contributed by atoms with Gasteiger partial charge < -0.3 is 5.32 Å². The molecule has 0 aliphatic heterocycles. The molecule has 0 fully saturated rings. The lowest BCUT2D eigenvalue weighted by Crippen LogP contribution is -2.18. The normalized spacial score (nSPS) is 11.7. The van der Waals surface area contributed by atoms with Crippen LogP contribution in [0.2, 0.25) is 0 Å². The van der Waals surface area contributed by atoms with Gasteiger partial charge in [0.05, 0.1) is 5.56 Å². The van der Waals surface area contributed by atoms with Crippen LogP contribution in [-0.4, -0.2) is 6.04 Å². The third-order valence-corrected chi connectivity index (χ3v) is 2.98. The summed E-state index contributed by atoms with van der Waals surface area (Å²) in [5.74, 6) is -0.780. The van der Waals surface area contributed by atoms with Crippen molar-refractivity contribution >= 4 is 5.69 Å². The number of benzene rings is 2. The van der Waals surface area contributed by atoms with Gasteiger partial charge in [-0.25, -0.2) is 8.78 Å². The number of anilines is 1. The van der Waals surface area contributed by atoms with E-state index in [1.54, 1.807) is 30.3 Å². The molecule has 0 radical (unpaired) electrons. The second-order valence-electron chi connectivity index (χ2n) is 4.65. The molecule has 0 bridgehead atoms. The molecule has 2 aromatic carbocycles. The van der Waals surface area contributed by atoms with Crippen molar-refractivity contribution in [2.45, 2.75) is 19.4 Å². The quantitative estimate of drug-likeness (QED) is 0.916. The molecule has 0 saturated carbocycles. The SMILES string of the molecule is CC(Cc1ccccc1F)Nc1ccc(F)c(C#N)c1. The minimum Gasteiger partial charge on any atom is -0.382 e. The standard InChI is InChI=1S/C16H14F2N2/c1-11(8-12-4-2-3-5-15(12)17)20-14-6-7-16(18)13(9-14)10-19/h2-7,9,11,20H,8H2,1H3. The van der Waals surface area contributed by atoms with E-state index in [0.29, 0.717) is 17.7 Å². The Bertz CT molecular complexity index is 647. The average Bonchev–Trinajstić information content (AvgIpc) is 2.43.